The second-order valence-electron chi connectivity index (χ2n) is 7.99. The average molecular weight is 310 g/mol. The Morgan fingerprint density at radius 1 is 1.27 bits per heavy atom. The maximum atomic E-state index is 12.5. The molecule has 22 heavy (non-hydrogen) atoms. The zero-order chi connectivity index (χ0) is 16.2. The lowest BCUT2D eigenvalue weighted by Gasteiger charge is -2.41. The molecule has 3 unspecified atom stereocenters. The highest BCUT2D eigenvalue weighted by molar-refractivity contribution is 5.78. The van der Waals surface area contributed by atoms with Crippen molar-refractivity contribution in [2.24, 2.45) is 11.3 Å². The second-order valence-corrected chi connectivity index (χ2v) is 7.99. The van der Waals surface area contributed by atoms with Gasteiger partial charge in [0.2, 0.25) is 5.91 Å². The monoisotopic (exact) mass is 310 g/mol. The highest BCUT2D eigenvalue weighted by Gasteiger charge is 2.34. The summed E-state index contributed by atoms with van der Waals surface area (Å²) in [6.45, 7) is 11.8. The number of amides is 1. The molecule has 1 N–H and O–H groups in total. The minimum absolute atomic E-state index is 0.217. The fraction of sp³-hybridized carbons (Fsp3) is 0.944. The van der Waals surface area contributed by atoms with Crippen LogP contribution in [0.1, 0.15) is 59.8 Å². The first-order chi connectivity index (χ1) is 10.4. The smallest absolute Gasteiger partial charge is 0.236 e. The summed E-state index contributed by atoms with van der Waals surface area (Å²) in [7, 11) is 0. The van der Waals surface area contributed by atoms with Crippen LogP contribution in [0.25, 0.3) is 0 Å². The number of nitrogens with one attached hydrogen (secondary N) is 1. The van der Waals surface area contributed by atoms with Crippen molar-refractivity contribution in [2.75, 3.05) is 26.2 Å². The third-order valence-corrected chi connectivity index (χ3v) is 5.34. The summed E-state index contributed by atoms with van der Waals surface area (Å²) in [5, 5.41) is 3.58. The second kappa shape index (κ2) is 7.78. The van der Waals surface area contributed by atoms with Crippen LogP contribution in [-0.4, -0.2) is 49.2 Å². The quantitative estimate of drug-likeness (QED) is 0.868. The average Bonchev–Trinajstić information content (AvgIpc) is 2.52. The number of nitrogens with zero attached hydrogens (tertiary/aromatic N) is 1. The van der Waals surface area contributed by atoms with Gasteiger partial charge in [0, 0.05) is 19.1 Å². The molecule has 0 aromatic rings. The Bertz CT molecular complexity index is 365. The molecule has 2 aliphatic rings. The van der Waals surface area contributed by atoms with Gasteiger partial charge in [-0.25, -0.2) is 0 Å². The van der Waals surface area contributed by atoms with E-state index in [0.717, 1.165) is 19.5 Å². The van der Waals surface area contributed by atoms with E-state index in [4.69, 9.17) is 4.74 Å². The van der Waals surface area contributed by atoms with Crippen LogP contribution >= 0.6 is 0 Å². The van der Waals surface area contributed by atoms with Crippen molar-refractivity contribution in [2.45, 2.75) is 71.9 Å². The molecule has 0 aromatic heterocycles. The molecule has 3 atom stereocenters. The van der Waals surface area contributed by atoms with Gasteiger partial charge in [0.05, 0.1) is 19.3 Å². The van der Waals surface area contributed by atoms with Crippen molar-refractivity contribution in [3.05, 3.63) is 0 Å². The Morgan fingerprint density at radius 3 is 2.68 bits per heavy atom. The number of morpholine rings is 1. The van der Waals surface area contributed by atoms with E-state index in [1.807, 2.05) is 4.90 Å². The lowest BCUT2D eigenvalue weighted by atomic mass is 9.69. The van der Waals surface area contributed by atoms with Crippen LogP contribution in [0.4, 0.5) is 0 Å². The lowest BCUT2D eigenvalue weighted by molar-refractivity contribution is -0.138. The van der Waals surface area contributed by atoms with Crippen molar-refractivity contribution in [1.29, 1.82) is 0 Å². The Balaban J connectivity index is 1.84. The van der Waals surface area contributed by atoms with Crippen LogP contribution in [0.2, 0.25) is 0 Å². The van der Waals surface area contributed by atoms with Crippen molar-refractivity contribution >= 4 is 5.91 Å². The summed E-state index contributed by atoms with van der Waals surface area (Å²) in [6, 6.07) is 0.487. The summed E-state index contributed by atoms with van der Waals surface area (Å²) in [5.74, 6) is 0.905. The van der Waals surface area contributed by atoms with Crippen LogP contribution in [0.3, 0.4) is 0 Å². The van der Waals surface area contributed by atoms with Gasteiger partial charge in [-0.15, -0.1) is 0 Å². The molecule has 2 fully saturated rings. The number of rotatable bonds is 4. The van der Waals surface area contributed by atoms with Crippen molar-refractivity contribution in [1.82, 2.24) is 10.2 Å². The van der Waals surface area contributed by atoms with Crippen molar-refractivity contribution in [3.63, 3.8) is 0 Å². The van der Waals surface area contributed by atoms with E-state index in [9.17, 15) is 4.79 Å². The molecule has 1 aliphatic heterocycles. The summed E-state index contributed by atoms with van der Waals surface area (Å²) in [4.78, 5) is 14.4. The number of carbonyl (C=O) groups is 1. The van der Waals surface area contributed by atoms with E-state index in [1.165, 1.54) is 25.7 Å². The molecule has 2 rings (SSSR count). The topological polar surface area (TPSA) is 41.6 Å². The van der Waals surface area contributed by atoms with Gasteiger partial charge in [0.1, 0.15) is 0 Å². The maximum Gasteiger partial charge on any atom is 0.236 e. The Morgan fingerprint density at radius 2 is 2.00 bits per heavy atom. The van der Waals surface area contributed by atoms with Gasteiger partial charge in [-0.3, -0.25) is 4.79 Å². The zero-order valence-corrected chi connectivity index (χ0v) is 14.9. The maximum absolute atomic E-state index is 12.5. The van der Waals surface area contributed by atoms with E-state index < -0.39 is 0 Å². The first-order valence-corrected chi connectivity index (χ1v) is 9.04. The Kier molecular flexibility index (Phi) is 6.27. The van der Waals surface area contributed by atoms with Crippen LogP contribution in [-0.2, 0) is 9.53 Å². The molecular formula is C18H34N2O2. The first kappa shape index (κ1) is 17.7. The molecule has 1 aliphatic carbocycles. The van der Waals surface area contributed by atoms with Gasteiger partial charge >= 0.3 is 0 Å². The molecule has 1 heterocycles. The van der Waals surface area contributed by atoms with Crippen molar-refractivity contribution in [3.8, 4) is 0 Å². The summed E-state index contributed by atoms with van der Waals surface area (Å²) in [5.41, 5.74) is 0.313. The molecule has 0 bridgehead atoms. The van der Waals surface area contributed by atoms with E-state index in [2.05, 4.69) is 33.0 Å². The summed E-state index contributed by atoms with van der Waals surface area (Å²) in [6.07, 6.45) is 6.30. The molecule has 0 radical (unpaired) electrons. The fourth-order valence-electron chi connectivity index (χ4n) is 3.93. The highest BCUT2D eigenvalue weighted by Crippen LogP contribution is 2.37. The predicted octanol–water partition coefficient (Wildman–Crippen LogP) is 2.82. The third kappa shape index (κ3) is 4.69. The predicted molar refractivity (Wildman–Crippen MR) is 89.8 cm³/mol. The lowest BCUT2D eigenvalue weighted by Crippen LogP contribution is -2.51. The molecule has 0 aromatic carbocycles. The van der Waals surface area contributed by atoms with Crippen LogP contribution in [0.5, 0.6) is 0 Å². The normalized spacial score (nSPS) is 30.4. The van der Waals surface area contributed by atoms with E-state index in [0.29, 0.717) is 30.5 Å². The first-order valence-electron chi connectivity index (χ1n) is 9.04. The van der Waals surface area contributed by atoms with E-state index in [1.54, 1.807) is 0 Å². The van der Waals surface area contributed by atoms with Gasteiger partial charge in [-0.2, -0.15) is 0 Å². The largest absolute Gasteiger partial charge is 0.375 e. The number of hydrogen-bond donors (Lipinski definition) is 1. The molecule has 4 heteroatoms. The van der Waals surface area contributed by atoms with E-state index >= 15 is 0 Å². The molecular weight excluding hydrogens is 276 g/mol. The highest BCUT2D eigenvalue weighted by atomic mass is 16.5. The number of hydrogen-bond acceptors (Lipinski definition) is 3. The fourth-order valence-corrected chi connectivity index (χ4v) is 3.93. The van der Waals surface area contributed by atoms with Crippen molar-refractivity contribution < 1.29 is 9.53 Å². The minimum atomic E-state index is 0.217. The zero-order valence-electron chi connectivity index (χ0n) is 14.9. The van der Waals surface area contributed by atoms with Crippen LogP contribution < -0.4 is 5.32 Å². The summed E-state index contributed by atoms with van der Waals surface area (Å²) >= 11 is 0. The molecule has 1 saturated carbocycles. The van der Waals surface area contributed by atoms with Crippen LogP contribution in [0, 0.1) is 11.3 Å². The molecule has 128 valence electrons. The third-order valence-electron chi connectivity index (χ3n) is 5.34. The Labute approximate surface area is 136 Å². The molecule has 0 spiro atoms. The van der Waals surface area contributed by atoms with Gasteiger partial charge < -0.3 is 15.0 Å². The standard InChI is InChI=1S/C18H34N2O2/c1-5-14-13-20(10-11-22-14)17(21)12-19-16-9-7-6-8-15(16)18(2,3)4/h14-16,19H,5-13H2,1-4H3. The van der Waals surface area contributed by atoms with Gasteiger partial charge in [-0.05, 0) is 30.6 Å². The van der Waals surface area contributed by atoms with Gasteiger partial charge in [0.25, 0.3) is 0 Å². The Hall–Kier alpha value is -0.610. The number of carbonyl (C=O) groups excluding carboxylic acids is 1. The number of ether oxygens (including phenoxy) is 1. The summed E-state index contributed by atoms with van der Waals surface area (Å²) < 4.78 is 5.65. The molecule has 4 nitrogen and oxygen atoms in total. The molecule has 1 amide bonds. The SMILES string of the molecule is CCC1CN(C(=O)CNC2CCCCC2C(C)(C)C)CCO1. The minimum Gasteiger partial charge on any atom is -0.375 e. The van der Waals surface area contributed by atoms with Gasteiger partial charge in [-0.1, -0.05) is 40.5 Å². The van der Waals surface area contributed by atoms with Gasteiger partial charge in [0.15, 0.2) is 0 Å². The van der Waals surface area contributed by atoms with E-state index in [-0.39, 0.29) is 12.0 Å². The van der Waals surface area contributed by atoms with Crippen LogP contribution in [0.15, 0.2) is 0 Å². The molecule has 1 saturated heterocycles.